The van der Waals surface area contributed by atoms with Gasteiger partial charge in [-0.2, -0.15) is 20.8 Å². The van der Waals surface area contributed by atoms with Gasteiger partial charge in [0, 0.05) is 18.6 Å². The van der Waals surface area contributed by atoms with Crippen LogP contribution in [-0.2, 0) is 47.9 Å². The van der Waals surface area contributed by atoms with Crippen molar-refractivity contribution < 1.29 is 37.1 Å². The molecule has 0 aliphatic heterocycles. The molecule has 0 N–H and O–H groups in total. The van der Waals surface area contributed by atoms with Crippen LogP contribution >= 0.6 is 12.6 Å². The van der Waals surface area contributed by atoms with Crippen molar-refractivity contribution in [3.05, 3.63) is 54.0 Å². The van der Waals surface area contributed by atoms with E-state index in [1.165, 1.54) is 17.0 Å². The van der Waals surface area contributed by atoms with Crippen LogP contribution in [0.2, 0.25) is 0 Å². The Balaban J connectivity index is -0.00000108. The fourth-order valence-electron chi connectivity index (χ4n) is 1.80. The van der Waals surface area contributed by atoms with E-state index in [1.54, 1.807) is 0 Å². The molecule has 0 unspecified atom stereocenters. The monoisotopic (exact) mass is 379 g/mol. The van der Waals surface area contributed by atoms with Gasteiger partial charge in [-0.1, -0.05) is 63.1 Å². The van der Waals surface area contributed by atoms with E-state index in [0.717, 1.165) is 5.25 Å². The Morgan fingerprint density at radius 3 is 1.33 bits per heavy atom. The molecular formula is C18H29SV2-. The van der Waals surface area contributed by atoms with Crippen molar-refractivity contribution in [3.63, 3.8) is 0 Å². The summed E-state index contributed by atoms with van der Waals surface area (Å²) in [5, 5.41) is 1.15. The summed E-state index contributed by atoms with van der Waals surface area (Å²) in [6.45, 7) is 15.5. The summed E-state index contributed by atoms with van der Waals surface area (Å²) >= 11 is 4.52. The van der Waals surface area contributed by atoms with E-state index in [-0.39, 0.29) is 55.4 Å². The molecule has 1 aromatic carbocycles. The van der Waals surface area contributed by atoms with Crippen molar-refractivity contribution in [1.82, 2.24) is 0 Å². The van der Waals surface area contributed by atoms with Crippen molar-refractivity contribution in [1.29, 1.82) is 0 Å². The molecule has 0 spiro atoms. The van der Waals surface area contributed by atoms with Crippen LogP contribution in [0.25, 0.3) is 0 Å². The first-order chi connectivity index (χ1) is 8.10. The molecule has 0 fully saturated rings. The molecule has 1 aromatic rings. The van der Waals surface area contributed by atoms with Gasteiger partial charge in [-0.05, 0) is 0 Å². The third-order valence-corrected chi connectivity index (χ3v) is 5.04. The largest absolute Gasteiger partial charge is 2.00 e. The van der Waals surface area contributed by atoms with E-state index >= 15 is 0 Å². The molecule has 3 heteroatoms. The van der Waals surface area contributed by atoms with Gasteiger partial charge in [0.25, 0.3) is 0 Å². The van der Waals surface area contributed by atoms with Gasteiger partial charge in [-0.25, -0.2) is 0 Å². The van der Waals surface area contributed by atoms with Crippen LogP contribution in [0, 0.1) is 18.6 Å². The SMILES string of the molecule is C[C-](C)C(C)(C)c1ccc(C(C)(C)[C-](C)S)cc1.[CH3-].[V+2].[V]. The fraction of sp³-hybridized carbons (Fsp3) is 0.500. The smallest absolute Gasteiger partial charge is 0.365 e. The fourth-order valence-corrected chi connectivity index (χ4v) is 1.93. The molecule has 118 valence electrons. The third-order valence-electron chi connectivity index (χ3n) is 4.48. The summed E-state index contributed by atoms with van der Waals surface area (Å²) in [4.78, 5) is 0. The molecule has 0 saturated carbocycles. The van der Waals surface area contributed by atoms with Gasteiger partial charge in [-0.3, -0.25) is 5.25 Å². The minimum atomic E-state index is 0. The molecule has 0 nitrogen and oxygen atoms in total. The maximum absolute atomic E-state index is 4.52. The van der Waals surface area contributed by atoms with Gasteiger partial charge in [0.2, 0.25) is 0 Å². The van der Waals surface area contributed by atoms with Crippen molar-refractivity contribution in [2.24, 2.45) is 0 Å². The molecule has 0 atom stereocenters. The Labute approximate surface area is 162 Å². The molecule has 0 bridgehead atoms. The van der Waals surface area contributed by atoms with E-state index in [0.29, 0.717) is 0 Å². The van der Waals surface area contributed by atoms with Gasteiger partial charge in [0.15, 0.2) is 0 Å². The standard InChI is InChI=1S/C17H26S.CH3.2V/c1-12(2)16(4,5)14-8-10-15(11-9-14)17(6,7)13(3)18;;;/h8-11,18H,1-7H3;1H3;;/q-2;-1;;+2. The first-order valence-corrected chi connectivity index (χ1v) is 6.99. The van der Waals surface area contributed by atoms with E-state index in [1.807, 2.05) is 0 Å². The zero-order chi connectivity index (χ0) is 14.1. The Kier molecular flexibility index (Phi) is 12.4. The molecule has 0 aliphatic carbocycles. The number of hydrogen-bond donors (Lipinski definition) is 1. The van der Waals surface area contributed by atoms with Crippen LogP contribution in [0.4, 0.5) is 0 Å². The average molecular weight is 379 g/mol. The molecule has 0 aliphatic rings. The number of rotatable bonds is 4. The second kappa shape index (κ2) is 9.78. The summed E-state index contributed by atoms with van der Waals surface area (Å²) in [5.41, 5.74) is 2.86. The Morgan fingerprint density at radius 1 is 0.810 bits per heavy atom. The molecule has 0 aromatic heterocycles. The van der Waals surface area contributed by atoms with Crippen LogP contribution < -0.4 is 0 Å². The summed E-state index contributed by atoms with van der Waals surface area (Å²) in [5.74, 6) is 1.44. The number of benzene rings is 1. The summed E-state index contributed by atoms with van der Waals surface area (Å²) in [7, 11) is 0. The van der Waals surface area contributed by atoms with Gasteiger partial charge in [0.1, 0.15) is 0 Å². The number of hydrogen-bond acceptors (Lipinski definition) is 1. The van der Waals surface area contributed by atoms with E-state index in [2.05, 4.69) is 85.4 Å². The zero-order valence-electron chi connectivity index (χ0n) is 14.7. The van der Waals surface area contributed by atoms with Crippen LogP contribution in [0.3, 0.4) is 0 Å². The molecule has 0 amide bonds. The predicted octanol–water partition coefficient (Wildman–Crippen LogP) is 5.78. The Bertz CT molecular complexity index is 353. The summed E-state index contributed by atoms with van der Waals surface area (Å²) in [6.07, 6.45) is 0. The molecular weight excluding hydrogens is 350 g/mol. The van der Waals surface area contributed by atoms with Gasteiger partial charge >= 0.3 is 18.6 Å². The summed E-state index contributed by atoms with van der Waals surface area (Å²) in [6, 6.07) is 8.97. The van der Waals surface area contributed by atoms with E-state index in [4.69, 9.17) is 0 Å². The van der Waals surface area contributed by atoms with Crippen LogP contribution in [-0.4, -0.2) is 0 Å². The van der Waals surface area contributed by atoms with Crippen molar-refractivity contribution in [3.8, 4) is 0 Å². The summed E-state index contributed by atoms with van der Waals surface area (Å²) < 4.78 is 0. The van der Waals surface area contributed by atoms with Crippen molar-refractivity contribution >= 4 is 12.6 Å². The topological polar surface area (TPSA) is 0 Å². The van der Waals surface area contributed by atoms with E-state index in [9.17, 15) is 0 Å². The molecule has 2 radical (unpaired) electrons. The predicted molar refractivity (Wildman–Crippen MR) is 91.4 cm³/mol. The third kappa shape index (κ3) is 6.03. The molecule has 21 heavy (non-hydrogen) atoms. The van der Waals surface area contributed by atoms with Gasteiger partial charge in [-0.15, -0.1) is 10.8 Å². The van der Waals surface area contributed by atoms with Crippen LogP contribution in [0.15, 0.2) is 24.3 Å². The van der Waals surface area contributed by atoms with Crippen LogP contribution in [0.5, 0.6) is 0 Å². The molecule has 0 heterocycles. The average Bonchev–Trinajstić information content (AvgIpc) is 2.28. The second-order valence-corrected chi connectivity index (χ2v) is 7.08. The van der Waals surface area contributed by atoms with Crippen molar-refractivity contribution in [2.75, 3.05) is 0 Å². The Hall–Kier alpha value is 0.739. The maximum Gasteiger partial charge on any atom is 2.00 e. The first-order valence-electron chi connectivity index (χ1n) is 6.54. The zero-order valence-corrected chi connectivity index (χ0v) is 18.3. The maximum atomic E-state index is 4.52. The van der Waals surface area contributed by atoms with Crippen LogP contribution in [0.1, 0.15) is 59.6 Å². The minimum absolute atomic E-state index is 0. The van der Waals surface area contributed by atoms with Gasteiger partial charge < -0.3 is 26.0 Å². The normalized spacial score (nSPS) is 11.5. The number of thiol groups is 1. The second-order valence-electron chi connectivity index (χ2n) is 6.41. The Morgan fingerprint density at radius 2 is 1.10 bits per heavy atom. The molecule has 1 rings (SSSR count). The first kappa shape index (κ1) is 26.6. The quantitative estimate of drug-likeness (QED) is 0.497. The van der Waals surface area contributed by atoms with Crippen molar-refractivity contribution in [2.45, 2.75) is 59.3 Å². The minimum Gasteiger partial charge on any atom is -0.365 e. The van der Waals surface area contributed by atoms with E-state index < -0.39 is 0 Å². The molecule has 0 saturated heterocycles. The van der Waals surface area contributed by atoms with Gasteiger partial charge in [0.05, 0.1) is 0 Å².